The van der Waals surface area contributed by atoms with Crippen molar-refractivity contribution in [1.29, 1.82) is 0 Å². The Morgan fingerprint density at radius 3 is 2.50 bits per heavy atom. The van der Waals surface area contributed by atoms with Gasteiger partial charge in [0, 0.05) is 0 Å². The van der Waals surface area contributed by atoms with Crippen LogP contribution in [0.4, 0.5) is 0 Å². The number of hydrogen-bond donors (Lipinski definition) is 1. The summed E-state index contributed by atoms with van der Waals surface area (Å²) in [6.07, 6.45) is 7.21. The minimum atomic E-state index is 0.199. The van der Waals surface area contributed by atoms with Gasteiger partial charge in [-0.1, -0.05) is 26.0 Å². The highest BCUT2D eigenvalue weighted by atomic mass is 16.3. The summed E-state index contributed by atoms with van der Waals surface area (Å²) in [5, 5.41) is 8.94. The Morgan fingerprint density at radius 2 is 2.17 bits per heavy atom. The van der Waals surface area contributed by atoms with Gasteiger partial charge in [0.25, 0.3) is 0 Å². The fourth-order valence-corrected chi connectivity index (χ4v) is 1.18. The SMILES string of the molecule is C=CCC(C=C(CC)CO)CC. The zero-order valence-corrected chi connectivity index (χ0v) is 8.21. The van der Waals surface area contributed by atoms with E-state index in [1.807, 2.05) is 6.08 Å². The second-order valence-corrected chi connectivity index (χ2v) is 3.03. The van der Waals surface area contributed by atoms with E-state index in [0.29, 0.717) is 5.92 Å². The molecule has 0 rings (SSSR count). The molecular formula is C11H20O. The van der Waals surface area contributed by atoms with Gasteiger partial charge in [-0.15, -0.1) is 6.58 Å². The van der Waals surface area contributed by atoms with Crippen LogP contribution in [0.2, 0.25) is 0 Å². The van der Waals surface area contributed by atoms with Crippen molar-refractivity contribution in [1.82, 2.24) is 0 Å². The predicted molar refractivity (Wildman–Crippen MR) is 54.1 cm³/mol. The second kappa shape index (κ2) is 7.11. The predicted octanol–water partition coefficient (Wildman–Crippen LogP) is 2.92. The van der Waals surface area contributed by atoms with Gasteiger partial charge >= 0.3 is 0 Å². The maximum atomic E-state index is 8.94. The lowest BCUT2D eigenvalue weighted by Crippen LogP contribution is -1.97. The van der Waals surface area contributed by atoms with Gasteiger partial charge in [0.05, 0.1) is 6.61 Å². The Hall–Kier alpha value is -0.560. The molecule has 1 nitrogen and oxygen atoms in total. The molecule has 0 spiro atoms. The van der Waals surface area contributed by atoms with Crippen molar-refractivity contribution in [3.63, 3.8) is 0 Å². The van der Waals surface area contributed by atoms with Gasteiger partial charge in [-0.2, -0.15) is 0 Å². The fourth-order valence-electron chi connectivity index (χ4n) is 1.18. The van der Waals surface area contributed by atoms with Gasteiger partial charge in [-0.3, -0.25) is 0 Å². The summed E-state index contributed by atoms with van der Waals surface area (Å²) < 4.78 is 0. The van der Waals surface area contributed by atoms with Crippen LogP contribution < -0.4 is 0 Å². The first kappa shape index (κ1) is 11.4. The van der Waals surface area contributed by atoms with Crippen molar-refractivity contribution in [2.45, 2.75) is 33.1 Å². The Balaban J connectivity index is 4.10. The summed E-state index contributed by atoms with van der Waals surface area (Å²) in [5.41, 5.74) is 1.14. The van der Waals surface area contributed by atoms with Gasteiger partial charge in [0.1, 0.15) is 0 Å². The molecule has 0 heterocycles. The Morgan fingerprint density at radius 1 is 1.50 bits per heavy atom. The topological polar surface area (TPSA) is 20.2 Å². The lowest BCUT2D eigenvalue weighted by atomic mass is 9.98. The van der Waals surface area contributed by atoms with Gasteiger partial charge < -0.3 is 5.11 Å². The van der Waals surface area contributed by atoms with Crippen LogP contribution in [0, 0.1) is 5.92 Å². The summed E-state index contributed by atoms with van der Waals surface area (Å²) in [5.74, 6) is 0.560. The molecule has 0 bridgehead atoms. The van der Waals surface area contributed by atoms with Crippen LogP contribution in [0.3, 0.4) is 0 Å². The zero-order chi connectivity index (χ0) is 9.40. The molecule has 1 heteroatoms. The number of allylic oxidation sites excluding steroid dienone is 2. The molecule has 1 unspecified atom stereocenters. The minimum absolute atomic E-state index is 0.199. The molecule has 0 radical (unpaired) electrons. The van der Waals surface area contributed by atoms with Crippen LogP contribution >= 0.6 is 0 Å². The van der Waals surface area contributed by atoms with E-state index in [1.165, 1.54) is 0 Å². The Kier molecular flexibility index (Phi) is 6.78. The largest absolute Gasteiger partial charge is 0.392 e. The third-order valence-corrected chi connectivity index (χ3v) is 2.12. The van der Waals surface area contributed by atoms with E-state index in [2.05, 4.69) is 26.5 Å². The summed E-state index contributed by atoms with van der Waals surface area (Å²) in [4.78, 5) is 0. The fraction of sp³-hybridized carbons (Fsp3) is 0.636. The van der Waals surface area contributed by atoms with E-state index < -0.39 is 0 Å². The highest BCUT2D eigenvalue weighted by Gasteiger charge is 2.01. The summed E-state index contributed by atoms with van der Waals surface area (Å²) >= 11 is 0. The van der Waals surface area contributed by atoms with Crippen LogP contribution in [0.5, 0.6) is 0 Å². The highest BCUT2D eigenvalue weighted by Crippen LogP contribution is 2.14. The molecule has 0 saturated heterocycles. The molecule has 0 aliphatic carbocycles. The molecule has 1 N–H and O–H groups in total. The summed E-state index contributed by atoms with van der Waals surface area (Å²) in [6.45, 7) is 8.15. The first-order chi connectivity index (χ1) is 5.78. The number of hydrogen-bond acceptors (Lipinski definition) is 1. The molecule has 0 aromatic heterocycles. The van der Waals surface area contributed by atoms with Crippen molar-refractivity contribution in [3.05, 3.63) is 24.3 Å². The van der Waals surface area contributed by atoms with Crippen LogP contribution in [0.1, 0.15) is 33.1 Å². The first-order valence-electron chi connectivity index (χ1n) is 4.69. The average molecular weight is 168 g/mol. The molecule has 0 aliphatic rings. The van der Waals surface area contributed by atoms with Gasteiger partial charge in [-0.25, -0.2) is 0 Å². The van der Waals surface area contributed by atoms with Gasteiger partial charge in [-0.05, 0) is 30.8 Å². The Bertz CT molecular complexity index is 141. The lowest BCUT2D eigenvalue weighted by molar-refractivity contribution is 0.326. The van der Waals surface area contributed by atoms with Crippen molar-refractivity contribution in [2.24, 2.45) is 5.92 Å². The van der Waals surface area contributed by atoms with Crippen molar-refractivity contribution >= 4 is 0 Å². The van der Waals surface area contributed by atoms with Crippen molar-refractivity contribution < 1.29 is 5.11 Å². The number of aliphatic hydroxyl groups excluding tert-OH is 1. The molecule has 0 fully saturated rings. The van der Waals surface area contributed by atoms with Crippen LogP contribution in [-0.2, 0) is 0 Å². The molecule has 70 valence electrons. The maximum absolute atomic E-state index is 8.94. The number of rotatable bonds is 6. The van der Waals surface area contributed by atoms with Crippen molar-refractivity contribution in [2.75, 3.05) is 6.61 Å². The highest BCUT2D eigenvalue weighted by molar-refractivity contribution is 5.04. The third-order valence-electron chi connectivity index (χ3n) is 2.12. The lowest BCUT2D eigenvalue weighted by Gasteiger charge is -2.09. The first-order valence-corrected chi connectivity index (χ1v) is 4.69. The van der Waals surface area contributed by atoms with Crippen LogP contribution in [0.25, 0.3) is 0 Å². The monoisotopic (exact) mass is 168 g/mol. The second-order valence-electron chi connectivity index (χ2n) is 3.03. The van der Waals surface area contributed by atoms with E-state index in [1.54, 1.807) is 0 Å². The Labute approximate surface area is 75.8 Å². The third kappa shape index (κ3) is 4.35. The van der Waals surface area contributed by atoms with Crippen LogP contribution in [0.15, 0.2) is 24.3 Å². The maximum Gasteiger partial charge on any atom is 0.0641 e. The van der Waals surface area contributed by atoms with Crippen molar-refractivity contribution in [3.8, 4) is 0 Å². The molecule has 1 atom stereocenters. The molecule has 0 saturated carbocycles. The minimum Gasteiger partial charge on any atom is -0.392 e. The van der Waals surface area contributed by atoms with E-state index in [9.17, 15) is 0 Å². The van der Waals surface area contributed by atoms with Crippen LogP contribution in [-0.4, -0.2) is 11.7 Å². The van der Waals surface area contributed by atoms with E-state index in [-0.39, 0.29) is 6.61 Å². The number of aliphatic hydroxyl groups is 1. The standard InChI is InChI=1S/C11H20O/c1-4-7-10(5-2)8-11(6-3)9-12/h4,8,10,12H,1,5-7,9H2,2-3H3. The molecule has 12 heavy (non-hydrogen) atoms. The van der Waals surface area contributed by atoms with Gasteiger partial charge in [0.2, 0.25) is 0 Å². The molecular weight excluding hydrogens is 148 g/mol. The van der Waals surface area contributed by atoms with E-state index in [0.717, 1.165) is 24.8 Å². The molecule has 0 aromatic rings. The molecule has 0 aliphatic heterocycles. The van der Waals surface area contributed by atoms with E-state index >= 15 is 0 Å². The smallest absolute Gasteiger partial charge is 0.0641 e. The normalized spacial score (nSPS) is 14.4. The summed E-state index contributed by atoms with van der Waals surface area (Å²) in [7, 11) is 0. The molecule has 0 amide bonds. The summed E-state index contributed by atoms with van der Waals surface area (Å²) in [6, 6.07) is 0. The zero-order valence-electron chi connectivity index (χ0n) is 8.21. The quantitative estimate of drug-likeness (QED) is 0.605. The van der Waals surface area contributed by atoms with Gasteiger partial charge in [0.15, 0.2) is 0 Å². The average Bonchev–Trinajstić information content (AvgIpc) is 2.12. The van der Waals surface area contributed by atoms with E-state index in [4.69, 9.17) is 5.11 Å². The molecule has 0 aromatic carbocycles.